The minimum Gasteiger partial charge on any atom is -0.362 e. The summed E-state index contributed by atoms with van der Waals surface area (Å²) in [7, 11) is 5.14. The van der Waals surface area contributed by atoms with Crippen LogP contribution in [0.3, 0.4) is 0 Å². The van der Waals surface area contributed by atoms with E-state index in [1.807, 2.05) is 25.9 Å². The summed E-state index contributed by atoms with van der Waals surface area (Å²) in [5.74, 6) is -0.206. The van der Waals surface area contributed by atoms with E-state index in [9.17, 15) is 9.59 Å². The van der Waals surface area contributed by atoms with Crippen molar-refractivity contribution in [2.75, 3.05) is 21.2 Å². The Morgan fingerprint density at radius 2 is 2.14 bits per heavy atom. The number of aromatic nitrogens is 1. The van der Waals surface area contributed by atoms with Gasteiger partial charge in [0.1, 0.15) is 0 Å². The Morgan fingerprint density at radius 3 is 2.68 bits per heavy atom. The van der Waals surface area contributed by atoms with Crippen molar-refractivity contribution < 1.29 is 18.8 Å². The summed E-state index contributed by atoms with van der Waals surface area (Å²) in [5, 5.41) is 3.89. The van der Waals surface area contributed by atoms with Gasteiger partial charge in [-0.05, 0) is 46.9 Å². The molecule has 0 amide bonds. The summed E-state index contributed by atoms with van der Waals surface area (Å²) < 4.78 is 10.7. The van der Waals surface area contributed by atoms with Gasteiger partial charge in [-0.1, -0.05) is 10.7 Å². The molecule has 0 N–H and O–H groups in total. The van der Waals surface area contributed by atoms with Crippen LogP contribution in [0.4, 0.5) is 0 Å². The van der Waals surface area contributed by atoms with Crippen molar-refractivity contribution in [2.24, 2.45) is 0 Å². The Morgan fingerprint density at radius 1 is 1.45 bits per heavy atom. The molecule has 6 nitrogen and oxygen atoms in total. The van der Waals surface area contributed by atoms with Crippen molar-refractivity contribution >= 4 is 11.6 Å². The molecule has 0 saturated carbocycles. The summed E-state index contributed by atoms with van der Waals surface area (Å²) in [6.45, 7) is 4.02. The van der Waals surface area contributed by atoms with Crippen LogP contribution in [0, 0.1) is 6.92 Å². The molecule has 0 saturated heterocycles. The third-order valence-corrected chi connectivity index (χ3v) is 3.98. The lowest BCUT2D eigenvalue weighted by atomic mass is 9.78. The summed E-state index contributed by atoms with van der Waals surface area (Å²) >= 11 is 0. The molecule has 1 heterocycles. The van der Waals surface area contributed by atoms with E-state index in [0.717, 1.165) is 5.57 Å². The van der Waals surface area contributed by atoms with Gasteiger partial charge in [0.2, 0.25) is 5.78 Å². The molecule has 1 aromatic heterocycles. The highest BCUT2D eigenvalue weighted by atomic mass is 16.5. The van der Waals surface area contributed by atoms with Crippen LogP contribution in [0.5, 0.6) is 0 Å². The fourth-order valence-electron chi connectivity index (χ4n) is 2.73. The fourth-order valence-corrected chi connectivity index (χ4v) is 2.73. The number of aryl methyl sites for hydroxylation is 1. The number of hydrogen-bond donors (Lipinski definition) is 0. The Labute approximate surface area is 130 Å². The van der Waals surface area contributed by atoms with Gasteiger partial charge in [-0.15, -0.1) is 0 Å². The number of methoxy groups -OCH3 is 1. The molecule has 0 spiro atoms. The maximum atomic E-state index is 13.1. The standard InChI is InChI=1S/C16H22N2O4/c1-10-6-7-16(21-5,13(19)8-10)15(20)14-11(2)17-22-12(14)9-18(3)4/h8H,6-7,9H2,1-5H3. The molecule has 0 bridgehead atoms. The average Bonchev–Trinajstić information content (AvgIpc) is 2.79. The second-order valence-corrected chi connectivity index (χ2v) is 6.02. The minimum absolute atomic E-state index is 0.305. The molecule has 0 aliphatic heterocycles. The predicted octanol–water partition coefficient (Wildman–Crippen LogP) is 1.92. The largest absolute Gasteiger partial charge is 0.362 e. The highest BCUT2D eigenvalue weighted by molar-refractivity contribution is 6.22. The quantitative estimate of drug-likeness (QED) is 0.611. The fraction of sp³-hybridized carbons (Fsp3) is 0.562. The molecule has 120 valence electrons. The minimum atomic E-state index is -1.46. The number of Topliss-reactive ketones (excluding diaryl/α,β-unsaturated/α-hetero) is 1. The van der Waals surface area contributed by atoms with Crippen LogP contribution < -0.4 is 0 Å². The van der Waals surface area contributed by atoms with E-state index in [2.05, 4.69) is 5.16 Å². The molecule has 1 aromatic rings. The molecule has 22 heavy (non-hydrogen) atoms. The predicted molar refractivity (Wildman–Crippen MR) is 80.7 cm³/mol. The highest BCUT2D eigenvalue weighted by Gasteiger charge is 2.48. The second-order valence-electron chi connectivity index (χ2n) is 6.02. The summed E-state index contributed by atoms with van der Waals surface area (Å²) in [5.41, 5.74) is 0.340. The SMILES string of the molecule is COC1(C(=O)c2c(C)noc2CN(C)C)CCC(C)=CC1=O. The first-order chi connectivity index (χ1) is 10.3. The number of hydrogen-bond acceptors (Lipinski definition) is 6. The lowest BCUT2D eigenvalue weighted by Gasteiger charge is -2.31. The van der Waals surface area contributed by atoms with Gasteiger partial charge in [0.15, 0.2) is 17.1 Å². The van der Waals surface area contributed by atoms with Gasteiger partial charge in [-0.2, -0.15) is 0 Å². The highest BCUT2D eigenvalue weighted by Crippen LogP contribution is 2.33. The zero-order chi connectivity index (χ0) is 16.5. The molecule has 0 radical (unpaired) electrons. The maximum absolute atomic E-state index is 13.1. The van der Waals surface area contributed by atoms with Gasteiger partial charge >= 0.3 is 0 Å². The smallest absolute Gasteiger partial charge is 0.208 e. The van der Waals surface area contributed by atoms with E-state index in [1.54, 1.807) is 6.92 Å². The van der Waals surface area contributed by atoms with Crippen LogP contribution in [0.2, 0.25) is 0 Å². The molecule has 0 fully saturated rings. The molecule has 0 aromatic carbocycles. The maximum Gasteiger partial charge on any atom is 0.208 e. The number of allylic oxidation sites excluding steroid dienone is 1. The first-order valence-electron chi connectivity index (χ1n) is 7.23. The average molecular weight is 306 g/mol. The van der Waals surface area contributed by atoms with Crippen LogP contribution in [0.15, 0.2) is 16.2 Å². The summed E-state index contributed by atoms with van der Waals surface area (Å²) in [6, 6.07) is 0. The normalized spacial score (nSPS) is 22.1. The molecule has 1 unspecified atom stereocenters. The third kappa shape index (κ3) is 2.76. The number of carbonyl (C=O) groups is 2. The molecule has 1 aliphatic rings. The van der Waals surface area contributed by atoms with Crippen LogP contribution in [-0.4, -0.2) is 48.4 Å². The Kier molecular flexibility index (Phi) is 4.63. The van der Waals surface area contributed by atoms with E-state index < -0.39 is 5.60 Å². The molecule has 6 heteroatoms. The second kappa shape index (κ2) is 6.14. The van der Waals surface area contributed by atoms with Gasteiger partial charge in [0, 0.05) is 7.11 Å². The van der Waals surface area contributed by atoms with E-state index >= 15 is 0 Å². The van der Waals surface area contributed by atoms with Crippen molar-refractivity contribution in [2.45, 2.75) is 38.8 Å². The van der Waals surface area contributed by atoms with Gasteiger partial charge in [-0.25, -0.2) is 0 Å². The van der Waals surface area contributed by atoms with Crippen LogP contribution in [0.1, 0.15) is 41.6 Å². The Balaban J connectivity index is 2.46. The van der Waals surface area contributed by atoms with Crippen molar-refractivity contribution in [3.8, 4) is 0 Å². The molecular weight excluding hydrogens is 284 g/mol. The molecule has 1 atom stereocenters. The Bertz CT molecular complexity index is 630. The topological polar surface area (TPSA) is 72.6 Å². The van der Waals surface area contributed by atoms with E-state index in [1.165, 1.54) is 13.2 Å². The number of ketones is 2. The lowest BCUT2D eigenvalue weighted by molar-refractivity contribution is -0.132. The molecule has 1 aliphatic carbocycles. The van der Waals surface area contributed by atoms with Crippen molar-refractivity contribution in [1.29, 1.82) is 0 Å². The first kappa shape index (κ1) is 16.6. The Hall–Kier alpha value is -1.79. The number of nitrogens with zero attached hydrogens (tertiary/aromatic N) is 2. The van der Waals surface area contributed by atoms with Crippen molar-refractivity contribution in [1.82, 2.24) is 10.1 Å². The van der Waals surface area contributed by atoms with Crippen LogP contribution >= 0.6 is 0 Å². The van der Waals surface area contributed by atoms with Crippen molar-refractivity contribution in [3.05, 3.63) is 28.7 Å². The summed E-state index contributed by atoms with van der Waals surface area (Å²) in [6.07, 6.45) is 2.49. The van der Waals surface area contributed by atoms with Crippen LogP contribution in [-0.2, 0) is 16.1 Å². The van der Waals surface area contributed by atoms with E-state index in [0.29, 0.717) is 36.4 Å². The summed E-state index contributed by atoms with van der Waals surface area (Å²) in [4.78, 5) is 27.4. The first-order valence-corrected chi connectivity index (χ1v) is 7.23. The van der Waals surface area contributed by atoms with Gasteiger partial charge in [-0.3, -0.25) is 9.59 Å². The van der Waals surface area contributed by atoms with E-state index in [-0.39, 0.29) is 11.6 Å². The van der Waals surface area contributed by atoms with Crippen LogP contribution in [0.25, 0.3) is 0 Å². The number of carbonyl (C=O) groups excluding carboxylic acids is 2. The van der Waals surface area contributed by atoms with Gasteiger partial charge in [0.25, 0.3) is 0 Å². The van der Waals surface area contributed by atoms with Gasteiger partial charge in [0.05, 0.1) is 17.8 Å². The third-order valence-electron chi connectivity index (χ3n) is 3.98. The number of rotatable bonds is 5. The van der Waals surface area contributed by atoms with Gasteiger partial charge < -0.3 is 14.2 Å². The number of ether oxygens (including phenoxy) is 1. The van der Waals surface area contributed by atoms with Crippen molar-refractivity contribution in [3.63, 3.8) is 0 Å². The zero-order valence-electron chi connectivity index (χ0n) is 13.7. The lowest BCUT2D eigenvalue weighted by Crippen LogP contribution is -2.49. The zero-order valence-corrected chi connectivity index (χ0v) is 13.7. The molecule has 2 rings (SSSR count). The monoisotopic (exact) mass is 306 g/mol. The van der Waals surface area contributed by atoms with E-state index in [4.69, 9.17) is 9.26 Å². The molecular formula is C16H22N2O4.